The van der Waals surface area contributed by atoms with Crippen molar-refractivity contribution in [2.45, 2.75) is 90.3 Å². The molecule has 156 valence electrons. The van der Waals surface area contributed by atoms with Gasteiger partial charge in [0.1, 0.15) is 5.78 Å². The highest BCUT2D eigenvalue weighted by atomic mass is 16.5. The first-order chi connectivity index (χ1) is 12.5. The molecule has 0 radical (unpaired) electrons. The molecule has 2 unspecified atom stereocenters. The fourth-order valence-corrected chi connectivity index (χ4v) is 8.27. The van der Waals surface area contributed by atoms with E-state index in [-0.39, 0.29) is 18.6 Å². The van der Waals surface area contributed by atoms with Gasteiger partial charge in [-0.05, 0) is 13.8 Å². The number of aliphatic hydroxyl groups excluding tert-OH is 1. The average molecular weight is 390 g/mol. The summed E-state index contributed by atoms with van der Waals surface area (Å²) >= 11 is 0. The molecule has 5 heteroatoms. The summed E-state index contributed by atoms with van der Waals surface area (Å²) < 4.78 is 6.65. The first-order valence-electron chi connectivity index (χ1n) is 10.3. The van der Waals surface area contributed by atoms with Gasteiger partial charge < -0.3 is 20.7 Å². The zero-order chi connectivity index (χ0) is 21.3. The van der Waals surface area contributed by atoms with Gasteiger partial charge in [0.05, 0.1) is 34.4 Å². The van der Waals surface area contributed by atoms with Gasteiger partial charge in [0, 0.05) is 29.1 Å². The second-order valence-corrected chi connectivity index (χ2v) is 11.2. The summed E-state index contributed by atoms with van der Waals surface area (Å²) in [6, 6.07) is -0.549. The normalized spacial score (nSPS) is 56.1. The lowest BCUT2D eigenvalue weighted by Gasteiger charge is -2.86. The minimum atomic E-state index is -1.23. The van der Waals surface area contributed by atoms with Crippen molar-refractivity contribution < 1.29 is 19.7 Å². The predicted molar refractivity (Wildman–Crippen MR) is 107 cm³/mol. The van der Waals surface area contributed by atoms with Crippen LogP contribution in [0.2, 0.25) is 0 Å². The van der Waals surface area contributed by atoms with Gasteiger partial charge in [0.25, 0.3) is 0 Å². The van der Waals surface area contributed by atoms with E-state index in [9.17, 15) is 15.0 Å². The number of ketones is 1. The van der Waals surface area contributed by atoms with E-state index in [1.807, 2.05) is 54.5 Å². The minimum Gasteiger partial charge on any atom is -0.392 e. The molecule has 0 bridgehead atoms. The van der Waals surface area contributed by atoms with E-state index in [2.05, 4.69) is 6.58 Å². The van der Waals surface area contributed by atoms with Crippen LogP contribution >= 0.6 is 0 Å². The Balaban J connectivity index is 2.10. The van der Waals surface area contributed by atoms with Crippen LogP contribution in [-0.4, -0.2) is 44.9 Å². The number of hydrogen-bond acceptors (Lipinski definition) is 5. The van der Waals surface area contributed by atoms with Crippen LogP contribution in [0, 0.1) is 21.7 Å². The maximum Gasteiger partial charge on any atom is 0.146 e. The number of ether oxygens (including phenoxy) is 1. The Bertz CT molecular complexity index is 830. The molecule has 7 atom stereocenters. The summed E-state index contributed by atoms with van der Waals surface area (Å²) in [5, 5.41) is 22.9. The van der Waals surface area contributed by atoms with Crippen LogP contribution < -0.4 is 5.73 Å². The highest BCUT2D eigenvalue weighted by Crippen LogP contribution is 2.86. The molecule has 1 heterocycles. The summed E-state index contributed by atoms with van der Waals surface area (Å²) in [7, 11) is 0. The molecule has 1 aliphatic heterocycles. The molecule has 4 N–H and O–H groups in total. The topological polar surface area (TPSA) is 92.8 Å². The Kier molecular flexibility index (Phi) is 3.49. The lowest BCUT2D eigenvalue weighted by atomic mass is 9.19. The van der Waals surface area contributed by atoms with E-state index in [0.29, 0.717) is 0 Å². The van der Waals surface area contributed by atoms with Gasteiger partial charge in [-0.15, -0.1) is 6.58 Å². The van der Waals surface area contributed by atoms with Gasteiger partial charge in [-0.2, -0.15) is 0 Å². The van der Waals surface area contributed by atoms with Crippen molar-refractivity contribution in [2.75, 3.05) is 0 Å². The van der Waals surface area contributed by atoms with Crippen LogP contribution in [0.15, 0.2) is 24.3 Å². The van der Waals surface area contributed by atoms with E-state index >= 15 is 0 Å². The quantitative estimate of drug-likeness (QED) is 0.599. The van der Waals surface area contributed by atoms with Crippen LogP contribution in [0.3, 0.4) is 0 Å². The van der Waals surface area contributed by atoms with Gasteiger partial charge in [0.2, 0.25) is 0 Å². The Morgan fingerprint density at radius 2 is 1.79 bits per heavy atom. The molecular formula is C23H35NO4. The van der Waals surface area contributed by atoms with Crippen LogP contribution in [0.4, 0.5) is 0 Å². The van der Waals surface area contributed by atoms with Gasteiger partial charge in [-0.25, -0.2) is 0 Å². The number of carbonyl (C=O) groups is 1. The molecule has 3 aliphatic carbocycles. The summed E-state index contributed by atoms with van der Waals surface area (Å²) in [5.74, 6) is 0.0639. The van der Waals surface area contributed by atoms with Crippen molar-refractivity contribution in [2.24, 2.45) is 27.4 Å². The largest absolute Gasteiger partial charge is 0.392 e. The molecule has 4 rings (SSSR count). The molecule has 3 fully saturated rings. The highest BCUT2D eigenvalue weighted by Gasteiger charge is 2.94. The first kappa shape index (κ1) is 20.3. The van der Waals surface area contributed by atoms with Gasteiger partial charge in [-0.3, -0.25) is 4.79 Å². The zero-order valence-corrected chi connectivity index (χ0v) is 18.2. The SMILES string of the molecule is C=C[C@@]1(C)CC(=O)[C@@]23C(C)(C)C4(O)CC(O)C(C)(C)C(=C[C@H](N)[C@@]2(C)O1)[C@]43C. The third kappa shape index (κ3) is 1.53. The van der Waals surface area contributed by atoms with Crippen LogP contribution in [0.5, 0.6) is 0 Å². The minimum absolute atomic E-state index is 0.0639. The second-order valence-electron chi connectivity index (χ2n) is 11.2. The number of rotatable bonds is 1. The average Bonchev–Trinajstić information content (AvgIpc) is 2.55. The lowest BCUT2D eigenvalue weighted by Crippen LogP contribution is -2.95. The molecule has 1 spiro atoms. The summed E-state index contributed by atoms with van der Waals surface area (Å²) in [5.41, 5.74) is 1.28. The maximum atomic E-state index is 14.0. The molecule has 0 amide bonds. The summed E-state index contributed by atoms with van der Waals surface area (Å²) in [4.78, 5) is 14.0. The Morgan fingerprint density at radius 1 is 1.21 bits per heavy atom. The van der Waals surface area contributed by atoms with Crippen molar-refractivity contribution in [1.29, 1.82) is 0 Å². The molecule has 28 heavy (non-hydrogen) atoms. The second kappa shape index (κ2) is 4.83. The molecule has 2 saturated carbocycles. The smallest absolute Gasteiger partial charge is 0.146 e. The van der Waals surface area contributed by atoms with Crippen molar-refractivity contribution in [1.82, 2.24) is 0 Å². The molecule has 0 aromatic rings. The molecule has 0 aromatic carbocycles. The Hall–Kier alpha value is -1.01. The number of hydrogen-bond donors (Lipinski definition) is 3. The van der Waals surface area contributed by atoms with Crippen molar-refractivity contribution in [3.63, 3.8) is 0 Å². The number of aliphatic hydroxyl groups is 2. The fourth-order valence-electron chi connectivity index (χ4n) is 8.27. The van der Waals surface area contributed by atoms with Crippen molar-refractivity contribution in [3.8, 4) is 0 Å². The molecule has 5 nitrogen and oxygen atoms in total. The van der Waals surface area contributed by atoms with Gasteiger partial charge in [-0.1, -0.05) is 52.3 Å². The molecule has 4 aliphatic rings. The van der Waals surface area contributed by atoms with E-state index < -0.39 is 50.6 Å². The lowest BCUT2D eigenvalue weighted by molar-refractivity contribution is -0.416. The van der Waals surface area contributed by atoms with E-state index in [1.165, 1.54) is 0 Å². The van der Waals surface area contributed by atoms with Crippen LogP contribution in [0.1, 0.15) is 61.3 Å². The Morgan fingerprint density at radius 3 is 2.32 bits per heavy atom. The van der Waals surface area contributed by atoms with Gasteiger partial charge >= 0.3 is 0 Å². The van der Waals surface area contributed by atoms with E-state index in [0.717, 1.165) is 5.57 Å². The maximum absolute atomic E-state index is 14.0. The molecular weight excluding hydrogens is 354 g/mol. The van der Waals surface area contributed by atoms with Crippen molar-refractivity contribution in [3.05, 3.63) is 24.3 Å². The first-order valence-corrected chi connectivity index (χ1v) is 10.3. The van der Waals surface area contributed by atoms with Crippen molar-refractivity contribution >= 4 is 5.78 Å². The van der Waals surface area contributed by atoms with Gasteiger partial charge in [0.15, 0.2) is 0 Å². The predicted octanol–water partition coefficient (Wildman–Crippen LogP) is 2.50. The molecule has 0 aromatic heterocycles. The number of nitrogens with two attached hydrogens (primary N) is 1. The number of carbonyl (C=O) groups excluding carboxylic acids is 1. The van der Waals surface area contributed by atoms with Crippen LogP contribution in [-0.2, 0) is 9.53 Å². The zero-order valence-electron chi connectivity index (χ0n) is 18.2. The standard InChI is InChI=1S/C23H35NO4/c1-9-19(6)11-16(26)23-18(4,5)22(27)12-15(25)17(2,3)13(20(22,23)7)10-14(24)21(23,8)28-19/h9-10,14-15,25,27H,1,11-12,24H2,2-8H3/t14-,15?,19-,20+,21+,22?,23-/m0/s1. The third-order valence-corrected chi connectivity index (χ3v) is 9.64. The summed E-state index contributed by atoms with van der Waals surface area (Å²) in [6.07, 6.45) is 3.33. The van der Waals surface area contributed by atoms with E-state index in [4.69, 9.17) is 10.5 Å². The summed E-state index contributed by atoms with van der Waals surface area (Å²) in [6.45, 7) is 17.5. The third-order valence-electron chi connectivity index (χ3n) is 9.64. The monoisotopic (exact) mass is 389 g/mol. The number of Topliss-reactive ketones (excluding diaryl/α,β-unsaturated/α-hetero) is 1. The fraction of sp³-hybridized carbons (Fsp3) is 0.783. The highest BCUT2D eigenvalue weighted by molar-refractivity contribution is 5.94. The van der Waals surface area contributed by atoms with E-state index in [1.54, 1.807) is 6.08 Å². The Labute approximate surface area is 168 Å². The molecule has 1 saturated heterocycles. The van der Waals surface area contributed by atoms with Crippen LogP contribution in [0.25, 0.3) is 0 Å².